The molecule has 1 saturated carbocycles. The highest BCUT2D eigenvalue weighted by molar-refractivity contribution is 5.81. The monoisotopic (exact) mass is 186 g/mol. The molecule has 0 bridgehead atoms. The molecule has 76 valence electrons. The third kappa shape index (κ3) is 2.97. The van der Waals surface area contributed by atoms with E-state index in [1.807, 2.05) is 6.92 Å². The Kier molecular flexibility index (Phi) is 3.69. The average Bonchev–Trinajstić information content (AvgIpc) is 2.88. The molecule has 0 aromatic heterocycles. The van der Waals surface area contributed by atoms with Gasteiger partial charge in [-0.3, -0.25) is 4.79 Å². The molecule has 2 unspecified atom stereocenters. The molecule has 1 aliphatic carbocycles. The molecule has 13 heavy (non-hydrogen) atoms. The second-order valence-electron chi connectivity index (χ2n) is 3.59. The number of nitrogens with one attached hydrogen (secondary N) is 1. The third-order valence-corrected chi connectivity index (χ3v) is 2.49. The third-order valence-electron chi connectivity index (χ3n) is 2.49. The number of ether oxygens (including phenoxy) is 1. The van der Waals surface area contributed by atoms with Gasteiger partial charge in [0.05, 0.1) is 0 Å². The SMILES string of the molecule is COC(CN)C(=O)NC(C)C1CC1. The minimum atomic E-state index is -0.499. The van der Waals surface area contributed by atoms with Crippen LogP contribution in [-0.2, 0) is 9.53 Å². The topological polar surface area (TPSA) is 64.3 Å². The largest absolute Gasteiger partial charge is 0.370 e. The molecule has 2 atom stereocenters. The van der Waals surface area contributed by atoms with Gasteiger partial charge in [0.2, 0.25) is 0 Å². The van der Waals surface area contributed by atoms with Crippen LogP contribution in [-0.4, -0.2) is 31.7 Å². The Bertz CT molecular complexity index is 176. The summed E-state index contributed by atoms with van der Waals surface area (Å²) in [6.07, 6.45) is 1.95. The van der Waals surface area contributed by atoms with Crippen LogP contribution in [0.3, 0.4) is 0 Å². The summed E-state index contributed by atoms with van der Waals surface area (Å²) in [7, 11) is 1.50. The Morgan fingerprint density at radius 3 is 2.69 bits per heavy atom. The van der Waals surface area contributed by atoms with Gasteiger partial charge in [0.1, 0.15) is 6.10 Å². The zero-order chi connectivity index (χ0) is 9.84. The maximum absolute atomic E-state index is 11.4. The normalized spacial score (nSPS) is 20.8. The summed E-state index contributed by atoms with van der Waals surface area (Å²) in [5.74, 6) is 0.573. The molecule has 0 aromatic carbocycles. The molecule has 0 radical (unpaired) electrons. The number of hydrogen-bond acceptors (Lipinski definition) is 3. The first kappa shape index (κ1) is 10.5. The Labute approximate surface area is 78.8 Å². The van der Waals surface area contributed by atoms with Crippen LogP contribution in [0.15, 0.2) is 0 Å². The maximum atomic E-state index is 11.4. The Hall–Kier alpha value is -0.610. The van der Waals surface area contributed by atoms with Gasteiger partial charge in [-0.15, -0.1) is 0 Å². The van der Waals surface area contributed by atoms with Crippen LogP contribution >= 0.6 is 0 Å². The Morgan fingerprint density at radius 2 is 2.31 bits per heavy atom. The summed E-state index contributed by atoms with van der Waals surface area (Å²) in [6.45, 7) is 2.26. The first-order valence-electron chi connectivity index (χ1n) is 4.72. The van der Waals surface area contributed by atoms with Crippen LogP contribution in [0.4, 0.5) is 0 Å². The molecular formula is C9H18N2O2. The first-order valence-corrected chi connectivity index (χ1v) is 4.72. The number of amides is 1. The average molecular weight is 186 g/mol. The lowest BCUT2D eigenvalue weighted by Gasteiger charge is -2.17. The summed E-state index contributed by atoms with van der Waals surface area (Å²) in [5, 5.41) is 2.90. The van der Waals surface area contributed by atoms with Gasteiger partial charge in [-0.2, -0.15) is 0 Å². The van der Waals surface area contributed by atoms with E-state index in [1.165, 1.54) is 20.0 Å². The van der Waals surface area contributed by atoms with Crippen LogP contribution < -0.4 is 11.1 Å². The fourth-order valence-electron chi connectivity index (χ4n) is 1.34. The summed E-state index contributed by atoms with van der Waals surface area (Å²) >= 11 is 0. The molecule has 3 N–H and O–H groups in total. The fourth-order valence-corrected chi connectivity index (χ4v) is 1.34. The van der Waals surface area contributed by atoms with E-state index in [-0.39, 0.29) is 18.5 Å². The molecule has 1 fully saturated rings. The van der Waals surface area contributed by atoms with E-state index in [2.05, 4.69) is 5.32 Å². The summed E-state index contributed by atoms with van der Waals surface area (Å²) in [5.41, 5.74) is 5.37. The molecule has 0 spiro atoms. The molecule has 1 aliphatic rings. The molecule has 1 rings (SSSR count). The van der Waals surface area contributed by atoms with Gasteiger partial charge in [-0.05, 0) is 25.7 Å². The highest BCUT2D eigenvalue weighted by atomic mass is 16.5. The van der Waals surface area contributed by atoms with E-state index < -0.39 is 6.10 Å². The van der Waals surface area contributed by atoms with E-state index in [1.54, 1.807) is 0 Å². The summed E-state index contributed by atoms with van der Waals surface area (Å²) in [6, 6.07) is 0.261. The van der Waals surface area contributed by atoms with E-state index in [4.69, 9.17) is 10.5 Å². The van der Waals surface area contributed by atoms with Crippen LogP contribution in [0, 0.1) is 5.92 Å². The molecule has 4 heteroatoms. The number of carbonyl (C=O) groups is 1. The van der Waals surface area contributed by atoms with E-state index >= 15 is 0 Å². The lowest BCUT2D eigenvalue weighted by molar-refractivity contribution is -0.131. The molecule has 4 nitrogen and oxygen atoms in total. The lowest BCUT2D eigenvalue weighted by atomic mass is 10.2. The van der Waals surface area contributed by atoms with Gasteiger partial charge in [0.15, 0.2) is 0 Å². The lowest BCUT2D eigenvalue weighted by Crippen LogP contribution is -2.44. The van der Waals surface area contributed by atoms with Crippen molar-refractivity contribution in [3.05, 3.63) is 0 Å². The van der Waals surface area contributed by atoms with Gasteiger partial charge in [0.25, 0.3) is 5.91 Å². The van der Waals surface area contributed by atoms with Crippen LogP contribution in [0.1, 0.15) is 19.8 Å². The molecule has 0 saturated heterocycles. The van der Waals surface area contributed by atoms with Crippen molar-refractivity contribution in [1.29, 1.82) is 0 Å². The van der Waals surface area contributed by atoms with E-state index in [0.717, 1.165) is 0 Å². The molecular weight excluding hydrogens is 168 g/mol. The van der Waals surface area contributed by atoms with Crippen molar-refractivity contribution in [3.63, 3.8) is 0 Å². The second-order valence-corrected chi connectivity index (χ2v) is 3.59. The highest BCUT2D eigenvalue weighted by Crippen LogP contribution is 2.32. The first-order chi connectivity index (χ1) is 6.19. The smallest absolute Gasteiger partial charge is 0.250 e. The maximum Gasteiger partial charge on any atom is 0.250 e. The van der Waals surface area contributed by atoms with Crippen LogP contribution in [0.5, 0.6) is 0 Å². The second kappa shape index (κ2) is 4.58. The van der Waals surface area contributed by atoms with Crippen LogP contribution in [0.25, 0.3) is 0 Å². The van der Waals surface area contributed by atoms with Crippen molar-refractivity contribution in [2.45, 2.75) is 31.9 Å². The van der Waals surface area contributed by atoms with Gasteiger partial charge < -0.3 is 15.8 Å². The van der Waals surface area contributed by atoms with Gasteiger partial charge >= 0.3 is 0 Å². The molecule has 0 aliphatic heterocycles. The number of rotatable bonds is 5. The number of nitrogens with two attached hydrogens (primary N) is 1. The van der Waals surface area contributed by atoms with Crippen molar-refractivity contribution in [2.24, 2.45) is 11.7 Å². The fraction of sp³-hybridized carbons (Fsp3) is 0.889. The zero-order valence-electron chi connectivity index (χ0n) is 8.25. The molecule has 0 heterocycles. The minimum absolute atomic E-state index is 0.0931. The number of hydrogen-bond donors (Lipinski definition) is 2. The quantitative estimate of drug-likeness (QED) is 0.629. The Balaban J connectivity index is 2.29. The summed E-state index contributed by atoms with van der Waals surface area (Å²) in [4.78, 5) is 11.4. The van der Waals surface area contributed by atoms with Crippen molar-refractivity contribution in [2.75, 3.05) is 13.7 Å². The predicted octanol–water partition coefficient (Wildman–Crippen LogP) is -0.125. The van der Waals surface area contributed by atoms with Gasteiger partial charge in [0, 0.05) is 19.7 Å². The van der Waals surface area contributed by atoms with Crippen molar-refractivity contribution in [3.8, 4) is 0 Å². The van der Waals surface area contributed by atoms with E-state index in [0.29, 0.717) is 5.92 Å². The molecule has 1 amide bonds. The van der Waals surface area contributed by atoms with Gasteiger partial charge in [-0.1, -0.05) is 0 Å². The van der Waals surface area contributed by atoms with E-state index in [9.17, 15) is 4.79 Å². The number of carbonyl (C=O) groups excluding carboxylic acids is 1. The zero-order valence-corrected chi connectivity index (χ0v) is 8.25. The minimum Gasteiger partial charge on any atom is -0.370 e. The van der Waals surface area contributed by atoms with Crippen molar-refractivity contribution < 1.29 is 9.53 Å². The number of methoxy groups -OCH3 is 1. The standard InChI is InChI=1S/C9H18N2O2/c1-6(7-3-4-7)11-9(12)8(5-10)13-2/h6-8H,3-5,10H2,1-2H3,(H,11,12). The predicted molar refractivity (Wildman–Crippen MR) is 50.2 cm³/mol. The van der Waals surface area contributed by atoms with Crippen molar-refractivity contribution in [1.82, 2.24) is 5.32 Å². The summed E-state index contributed by atoms with van der Waals surface area (Å²) < 4.78 is 4.93. The van der Waals surface area contributed by atoms with Crippen molar-refractivity contribution >= 4 is 5.91 Å². The van der Waals surface area contributed by atoms with Crippen LogP contribution in [0.2, 0.25) is 0 Å². The highest BCUT2D eigenvalue weighted by Gasteiger charge is 2.30. The Morgan fingerprint density at radius 1 is 1.69 bits per heavy atom. The molecule has 0 aromatic rings. The van der Waals surface area contributed by atoms with Gasteiger partial charge in [-0.25, -0.2) is 0 Å².